The average molecular weight is 418 g/mol. The van der Waals surface area contributed by atoms with Crippen LogP contribution in [0.1, 0.15) is 29.6 Å². The third kappa shape index (κ3) is 4.28. The number of nitrogens with two attached hydrogens (primary N) is 1. The molecule has 1 aliphatic rings. The van der Waals surface area contributed by atoms with E-state index in [1.807, 2.05) is 0 Å². The number of ether oxygens (including phenoxy) is 1. The van der Waals surface area contributed by atoms with Crippen molar-refractivity contribution in [3.8, 4) is 0 Å². The van der Waals surface area contributed by atoms with Crippen LogP contribution in [-0.4, -0.2) is 14.2 Å². The summed E-state index contributed by atoms with van der Waals surface area (Å²) in [5.74, 6) is -4.53. The Bertz CT molecular complexity index is 1260. The molecule has 0 amide bonds. The van der Waals surface area contributed by atoms with Gasteiger partial charge in [-0.1, -0.05) is 42.4 Å². The zero-order valence-electron chi connectivity index (χ0n) is 18.8. The van der Waals surface area contributed by atoms with E-state index < -0.39 is 80.8 Å². The lowest BCUT2D eigenvalue weighted by molar-refractivity contribution is -0.137. The van der Waals surface area contributed by atoms with Crippen LogP contribution in [0.2, 0.25) is 0 Å². The first-order valence-corrected chi connectivity index (χ1v) is 9.05. The van der Waals surface area contributed by atoms with Gasteiger partial charge in [0.15, 0.2) is 6.08 Å². The van der Waals surface area contributed by atoms with E-state index >= 15 is 0 Å². The average Bonchev–Trinajstić information content (AvgIpc) is 2.89. The molecule has 0 radical (unpaired) electrons. The first-order valence-electron chi connectivity index (χ1n) is 9.98. The van der Waals surface area contributed by atoms with Crippen molar-refractivity contribution in [2.24, 2.45) is 5.73 Å². The zero-order valence-corrected chi connectivity index (χ0v) is 14.6. The van der Waals surface area contributed by atoms with Gasteiger partial charge in [-0.3, -0.25) is 4.79 Å². The Balaban J connectivity index is 2.02. The number of alkyl halides is 3. The second-order valence-electron chi connectivity index (χ2n) is 5.47. The fourth-order valence-corrected chi connectivity index (χ4v) is 3.24. The fraction of sp³-hybridized carbons (Fsp3) is 0.167. The monoisotopic (exact) mass is 418 g/mol. The van der Waals surface area contributed by atoms with Crippen LogP contribution in [0.25, 0.3) is 0 Å². The van der Waals surface area contributed by atoms with Gasteiger partial charge in [0.1, 0.15) is 5.75 Å². The third-order valence-electron chi connectivity index (χ3n) is 3.38. The normalized spacial score (nSPS) is 22.7. The minimum atomic E-state index is -5.26. The van der Waals surface area contributed by atoms with Crippen LogP contribution in [-0.2, 0) is 35.8 Å². The number of halogens is 3. The molecule has 0 aliphatic carbocycles. The molecule has 10 heteroatoms. The van der Waals surface area contributed by atoms with Crippen molar-refractivity contribution in [2.75, 3.05) is 0 Å². The summed E-state index contributed by atoms with van der Waals surface area (Å²) < 4.78 is 113. The van der Waals surface area contributed by atoms with Gasteiger partial charge in [-0.05, 0) is 17.6 Å². The number of Topliss-reactive ketones (excluding diaryl/α,β-unsaturated/α-hetero) is 1. The minimum Gasteiger partial charge on any atom is -0.460 e. The predicted octanol–water partition coefficient (Wildman–Crippen LogP) is 3.02. The van der Waals surface area contributed by atoms with E-state index in [-0.39, 0.29) is 5.56 Å². The van der Waals surface area contributed by atoms with E-state index in [4.69, 9.17) is 21.5 Å². The number of carbonyl (C=O) groups excluding carboxylic acids is 1. The van der Waals surface area contributed by atoms with E-state index in [1.54, 1.807) is 18.2 Å². The topological polar surface area (TPSA) is 95.7 Å². The van der Waals surface area contributed by atoms with Crippen LogP contribution in [0.15, 0.2) is 66.1 Å². The Morgan fingerprint density at radius 1 is 1.18 bits per heavy atom. The molecule has 1 atom stereocenters. The van der Waals surface area contributed by atoms with E-state index in [0.29, 0.717) is 0 Å². The Morgan fingerprint density at radius 3 is 2.36 bits per heavy atom. The number of hydrogen-bond acceptors (Lipinski definition) is 6. The maximum Gasteiger partial charge on any atom is 0.416 e. The van der Waals surface area contributed by atoms with Gasteiger partial charge in [0, 0.05) is 5.56 Å². The van der Waals surface area contributed by atoms with Gasteiger partial charge in [-0.15, -0.1) is 0 Å². The summed E-state index contributed by atoms with van der Waals surface area (Å²) >= 11 is 0. The van der Waals surface area contributed by atoms with Crippen LogP contribution in [0, 0.1) is 0 Å². The second-order valence-corrected chi connectivity index (χ2v) is 7.04. The van der Waals surface area contributed by atoms with Gasteiger partial charge < -0.3 is 14.7 Å². The molecule has 0 unspecified atom stereocenters. The van der Waals surface area contributed by atoms with E-state index in [2.05, 4.69) is 0 Å². The van der Waals surface area contributed by atoms with Crippen molar-refractivity contribution < 1.29 is 42.2 Å². The lowest BCUT2D eigenvalue weighted by Crippen LogP contribution is -2.16. The Labute approximate surface area is 165 Å². The lowest BCUT2D eigenvalue weighted by Gasteiger charge is -2.12. The molecule has 0 saturated heterocycles. The predicted molar refractivity (Wildman–Crippen MR) is 91.6 cm³/mol. The van der Waals surface area contributed by atoms with Gasteiger partial charge in [-0.25, -0.2) is 0 Å². The summed E-state index contributed by atoms with van der Waals surface area (Å²) in [6, 6.07) is 1.73. The molecular weight excluding hydrogens is 399 g/mol. The largest absolute Gasteiger partial charge is 0.460 e. The number of hydrogen-bond donors (Lipinski definition) is 1. The molecule has 2 aromatic carbocycles. The molecule has 0 bridgehead atoms. The number of benzene rings is 2. The molecule has 6 nitrogen and oxygen atoms in total. The minimum absolute atomic E-state index is 0.280. The van der Waals surface area contributed by atoms with E-state index in [1.165, 1.54) is 12.1 Å². The summed E-state index contributed by atoms with van der Waals surface area (Å²) in [5, 5.41) is 0. The van der Waals surface area contributed by atoms with E-state index in [9.17, 15) is 26.4 Å². The molecular formula is C18H14F3NO5S. The highest BCUT2D eigenvalue weighted by Crippen LogP contribution is 2.35. The highest BCUT2D eigenvalue weighted by atomic mass is 32.2. The van der Waals surface area contributed by atoms with Crippen molar-refractivity contribution in [3.63, 3.8) is 0 Å². The highest BCUT2D eigenvalue weighted by molar-refractivity contribution is 7.86. The van der Waals surface area contributed by atoms with Crippen LogP contribution in [0.4, 0.5) is 13.2 Å². The maximum atomic E-state index is 13.2. The lowest BCUT2D eigenvalue weighted by atomic mass is 10.0. The highest BCUT2D eigenvalue weighted by Gasteiger charge is 2.40. The SMILES string of the molecule is [2H]c1c([2H])c([C@]2([2H])OC(N)=C(OS(=O)(=O)Cc3ccccc3)C2=O)c([2H])c([2H])c1C(F)(F)F. The second kappa shape index (κ2) is 7.19. The van der Waals surface area contributed by atoms with Crippen molar-refractivity contribution in [1.82, 2.24) is 0 Å². The summed E-state index contributed by atoms with van der Waals surface area (Å²) in [6.45, 7) is 0. The van der Waals surface area contributed by atoms with Crippen LogP contribution in [0.5, 0.6) is 0 Å². The molecule has 3 rings (SSSR count). The van der Waals surface area contributed by atoms with Gasteiger partial charge in [0.05, 0.1) is 12.4 Å². The Kier molecular flexibility index (Phi) is 3.61. The number of rotatable bonds is 5. The standard InChI is InChI=1S/C18H14F3NO5S/c19-18(20,21)13-8-6-12(7-9-13)15-14(23)16(17(22)26-15)27-28(24,25)10-11-4-2-1-3-5-11/h1-9,15H,10,22H2/t15-/m0/s1/i6D,7D,8D,9D,15D. The Hall–Kier alpha value is -3.01. The smallest absolute Gasteiger partial charge is 0.416 e. The van der Waals surface area contributed by atoms with Crippen LogP contribution in [0.3, 0.4) is 0 Å². The molecule has 0 aromatic heterocycles. The molecule has 0 fully saturated rings. The van der Waals surface area contributed by atoms with Crippen molar-refractivity contribution in [1.29, 1.82) is 0 Å². The molecule has 0 spiro atoms. The first-order chi connectivity index (χ1) is 15.1. The van der Waals surface area contributed by atoms with Crippen molar-refractivity contribution in [2.45, 2.75) is 18.0 Å². The summed E-state index contributed by atoms with van der Waals surface area (Å²) in [7, 11) is -4.52. The van der Waals surface area contributed by atoms with Gasteiger partial charge in [0.25, 0.3) is 0 Å². The molecule has 2 N–H and O–H groups in total. The summed E-state index contributed by atoms with van der Waals surface area (Å²) in [6.07, 6.45) is -8.48. The molecule has 2 aromatic rings. The fourth-order valence-electron chi connectivity index (χ4n) is 2.16. The van der Waals surface area contributed by atoms with Crippen molar-refractivity contribution >= 4 is 15.9 Å². The third-order valence-corrected chi connectivity index (χ3v) is 4.49. The molecule has 1 aliphatic heterocycles. The summed E-state index contributed by atoms with van der Waals surface area (Å²) in [4.78, 5) is 12.8. The van der Waals surface area contributed by atoms with Gasteiger partial charge in [-0.2, -0.15) is 21.6 Å². The van der Waals surface area contributed by atoms with Crippen LogP contribution < -0.4 is 5.73 Å². The quantitative estimate of drug-likeness (QED) is 0.750. The molecule has 0 saturated carbocycles. The maximum absolute atomic E-state index is 13.2. The molecule has 28 heavy (non-hydrogen) atoms. The first kappa shape index (κ1) is 14.1. The molecule has 1 heterocycles. The van der Waals surface area contributed by atoms with Crippen LogP contribution >= 0.6 is 0 Å². The van der Waals surface area contributed by atoms with Crippen molar-refractivity contribution in [3.05, 3.63) is 82.8 Å². The zero-order chi connectivity index (χ0) is 24.9. The van der Waals surface area contributed by atoms with Gasteiger partial charge in [0.2, 0.25) is 17.4 Å². The van der Waals surface area contributed by atoms with E-state index in [0.717, 1.165) is 0 Å². The van der Waals surface area contributed by atoms with Gasteiger partial charge >= 0.3 is 16.3 Å². The Morgan fingerprint density at radius 2 is 1.79 bits per heavy atom. The summed E-state index contributed by atoms with van der Waals surface area (Å²) in [5.41, 5.74) is 2.68. The molecule has 148 valence electrons. The number of ketones is 1. The number of carbonyl (C=O) groups is 1.